The second-order valence-corrected chi connectivity index (χ2v) is 9.56. The highest BCUT2D eigenvalue weighted by atomic mass is 32.2. The minimum atomic E-state index is -4.71. The lowest BCUT2D eigenvalue weighted by atomic mass is 10.1. The molecule has 0 aromatic heterocycles. The summed E-state index contributed by atoms with van der Waals surface area (Å²) in [4.78, 5) is 11.9. The zero-order valence-corrected chi connectivity index (χ0v) is 18.0. The van der Waals surface area contributed by atoms with Crippen LogP contribution in [0.5, 0.6) is 0 Å². The van der Waals surface area contributed by atoms with E-state index in [4.69, 9.17) is 9.47 Å². The van der Waals surface area contributed by atoms with Crippen LogP contribution < -0.4 is 5.32 Å². The smallest absolute Gasteiger partial charge is 0.347 e. The van der Waals surface area contributed by atoms with Crippen molar-refractivity contribution in [3.05, 3.63) is 59.4 Å². The Bertz CT molecular complexity index is 1150. The molecule has 0 bridgehead atoms. The van der Waals surface area contributed by atoms with Crippen molar-refractivity contribution in [2.75, 3.05) is 31.6 Å². The third kappa shape index (κ3) is 4.74. The minimum absolute atomic E-state index is 0.0250. The maximum Gasteiger partial charge on any atom is 0.418 e. The van der Waals surface area contributed by atoms with E-state index in [1.165, 1.54) is 12.1 Å². The van der Waals surface area contributed by atoms with E-state index in [1.54, 1.807) is 0 Å². The number of para-hydroxylation sites is 1. The number of benzene rings is 2. The lowest BCUT2D eigenvalue weighted by molar-refractivity contribution is -0.179. The van der Waals surface area contributed by atoms with Gasteiger partial charge in [0, 0.05) is 31.5 Å². The third-order valence-corrected chi connectivity index (χ3v) is 7.50. The van der Waals surface area contributed by atoms with Crippen molar-refractivity contribution in [3.8, 4) is 0 Å². The van der Waals surface area contributed by atoms with E-state index in [1.807, 2.05) is 0 Å². The Kier molecular flexibility index (Phi) is 6.20. The molecule has 2 aromatic carbocycles. The number of ether oxygens (including phenoxy) is 2. The number of hydrogen-bond donors (Lipinski definition) is 1. The number of halogens is 4. The summed E-state index contributed by atoms with van der Waals surface area (Å²) < 4.78 is 92.4. The molecule has 2 aliphatic heterocycles. The molecule has 1 amide bonds. The molecule has 33 heavy (non-hydrogen) atoms. The van der Waals surface area contributed by atoms with E-state index in [9.17, 15) is 30.8 Å². The van der Waals surface area contributed by atoms with Crippen LogP contribution in [0.15, 0.2) is 47.4 Å². The van der Waals surface area contributed by atoms with Crippen LogP contribution in [-0.2, 0) is 25.7 Å². The lowest BCUT2D eigenvalue weighted by Gasteiger charge is -2.36. The summed E-state index contributed by atoms with van der Waals surface area (Å²) in [5.74, 6) is -2.91. The van der Waals surface area contributed by atoms with Crippen molar-refractivity contribution in [2.45, 2.75) is 29.7 Å². The fourth-order valence-electron chi connectivity index (χ4n) is 3.87. The number of nitrogens with zero attached hydrogens (tertiary/aromatic N) is 1. The van der Waals surface area contributed by atoms with E-state index < -0.39 is 49.9 Å². The van der Waals surface area contributed by atoms with Gasteiger partial charge in [0.1, 0.15) is 10.7 Å². The molecular formula is C21H20F4N2O5S. The molecule has 12 heteroatoms. The molecular weight excluding hydrogens is 468 g/mol. The van der Waals surface area contributed by atoms with Gasteiger partial charge in [-0.25, -0.2) is 12.8 Å². The number of anilines is 1. The lowest BCUT2D eigenvalue weighted by Crippen LogP contribution is -2.47. The molecule has 1 N–H and O–H groups in total. The van der Waals surface area contributed by atoms with Crippen LogP contribution in [0.25, 0.3) is 0 Å². The van der Waals surface area contributed by atoms with Gasteiger partial charge in [-0.2, -0.15) is 17.5 Å². The number of nitrogens with one attached hydrogen (secondary N) is 1. The van der Waals surface area contributed by atoms with Crippen molar-refractivity contribution in [1.82, 2.24) is 4.31 Å². The molecule has 7 nitrogen and oxygen atoms in total. The molecule has 2 aromatic rings. The number of piperidine rings is 1. The number of sulfonamides is 1. The SMILES string of the molecule is O=C(Nc1ccccc1C(F)(F)F)c1ccc(F)c(S(=O)(=O)N2CCC3(CC2)OCCO3)c1. The van der Waals surface area contributed by atoms with Gasteiger partial charge in [0.25, 0.3) is 5.91 Å². The summed E-state index contributed by atoms with van der Waals surface area (Å²) >= 11 is 0. The molecule has 0 unspecified atom stereocenters. The molecule has 2 heterocycles. The Morgan fingerprint density at radius 1 is 1.03 bits per heavy atom. The molecule has 1 spiro atoms. The van der Waals surface area contributed by atoms with Crippen LogP contribution >= 0.6 is 0 Å². The third-order valence-electron chi connectivity index (χ3n) is 5.59. The van der Waals surface area contributed by atoms with Crippen LogP contribution in [0.2, 0.25) is 0 Å². The standard InChI is InChI=1S/C21H20F4N2O5S/c22-16-6-5-14(19(28)26-17-4-2-1-3-15(17)21(23,24)25)13-18(16)33(29,30)27-9-7-20(8-10-27)31-11-12-32-20/h1-6,13H,7-12H2,(H,26,28). The largest absolute Gasteiger partial charge is 0.418 e. The van der Waals surface area contributed by atoms with Crippen molar-refractivity contribution in [1.29, 1.82) is 0 Å². The average Bonchev–Trinajstić information content (AvgIpc) is 3.21. The molecule has 2 saturated heterocycles. The highest BCUT2D eigenvalue weighted by Crippen LogP contribution is 2.36. The van der Waals surface area contributed by atoms with Crippen molar-refractivity contribution < 1.29 is 40.2 Å². The van der Waals surface area contributed by atoms with Crippen LogP contribution in [0.3, 0.4) is 0 Å². The first-order chi connectivity index (χ1) is 15.5. The Morgan fingerprint density at radius 2 is 1.67 bits per heavy atom. The van der Waals surface area contributed by atoms with E-state index in [2.05, 4.69) is 5.32 Å². The summed E-state index contributed by atoms with van der Waals surface area (Å²) in [6.07, 6.45) is -4.18. The topological polar surface area (TPSA) is 84.9 Å². The van der Waals surface area contributed by atoms with Crippen LogP contribution in [0.1, 0.15) is 28.8 Å². The van der Waals surface area contributed by atoms with Gasteiger partial charge < -0.3 is 14.8 Å². The van der Waals surface area contributed by atoms with Gasteiger partial charge in [0.15, 0.2) is 5.79 Å². The van der Waals surface area contributed by atoms with E-state index >= 15 is 0 Å². The van der Waals surface area contributed by atoms with Gasteiger partial charge in [-0.3, -0.25) is 4.79 Å². The second kappa shape index (κ2) is 8.67. The van der Waals surface area contributed by atoms with Crippen LogP contribution in [0, 0.1) is 5.82 Å². The number of hydrogen-bond acceptors (Lipinski definition) is 5. The number of rotatable bonds is 4. The van der Waals surface area contributed by atoms with Gasteiger partial charge in [0.2, 0.25) is 10.0 Å². The molecule has 0 saturated carbocycles. The molecule has 2 fully saturated rings. The summed E-state index contributed by atoms with van der Waals surface area (Å²) in [7, 11) is -4.31. The quantitative estimate of drug-likeness (QED) is 0.665. The molecule has 0 radical (unpaired) electrons. The summed E-state index contributed by atoms with van der Waals surface area (Å²) in [6, 6.07) is 6.98. The summed E-state index contributed by atoms with van der Waals surface area (Å²) in [5.41, 5.74) is -1.86. The number of alkyl halides is 3. The van der Waals surface area contributed by atoms with E-state index in [0.717, 1.165) is 34.6 Å². The molecule has 0 atom stereocenters. The minimum Gasteiger partial charge on any atom is -0.347 e. The zero-order valence-electron chi connectivity index (χ0n) is 17.2. The van der Waals surface area contributed by atoms with Gasteiger partial charge in [-0.15, -0.1) is 0 Å². The highest BCUT2D eigenvalue weighted by Gasteiger charge is 2.43. The molecule has 4 rings (SSSR count). The van der Waals surface area contributed by atoms with E-state index in [0.29, 0.717) is 13.2 Å². The van der Waals surface area contributed by atoms with Gasteiger partial charge in [-0.05, 0) is 30.3 Å². The average molecular weight is 488 g/mol. The van der Waals surface area contributed by atoms with Crippen LogP contribution in [0.4, 0.5) is 23.2 Å². The number of carbonyl (C=O) groups excluding carboxylic acids is 1. The number of amides is 1. The number of carbonyl (C=O) groups is 1. The Hall–Kier alpha value is -2.54. The monoisotopic (exact) mass is 488 g/mol. The maximum atomic E-state index is 14.5. The molecule has 2 aliphatic rings. The molecule has 178 valence electrons. The Labute approximate surface area is 187 Å². The predicted molar refractivity (Wildman–Crippen MR) is 108 cm³/mol. The normalized spacial score (nSPS) is 19.0. The zero-order chi connectivity index (χ0) is 23.9. The first-order valence-corrected chi connectivity index (χ1v) is 11.5. The van der Waals surface area contributed by atoms with Gasteiger partial charge >= 0.3 is 6.18 Å². The van der Waals surface area contributed by atoms with Crippen molar-refractivity contribution >= 4 is 21.6 Å². The fraction of sp³-hybridized carbons (Fsp3) is 0.381. The van der Waals surface area contributed by atoms with Crippen molar-refractivity contribution in [3.63, 3.8) is 0 Å². The van der Waals surface area contributed by atoms with Gasteiger partial charge in [-0.1, -0.05) is 12.1 Å². The first kappa shape index (κ1) is 23.6. The highest BCUT2D eigenvalue weighted by molar-refractivity contribution is 7.89. The Balaban J connectivity index is 1.56. The molecule has 0 aliphatic carbocycles. The van der Waals surface area contributed by atoms with E-state index in [-0.39, 0.29) is 31.5 Å². The first-order valence-electron chi connectivity index (χ1n) is 10.1. The maximum absolute atomic E-state index is 14.5. The summed E-state index contributed by atoms with van der Waals surface area (Å²) in [5, 5.41) is 2.12. The van der Waals surface area contributed by atoms with Crippen LogP contribution in [-0.4, -0.2) is 50.7 Å². The van der Waals surface area contributed by atoms with Crippen molar-refractivity contribution in [2.24, 2.45) is 0 Å². The van der Waals surface area contributed by atoms with Gasteiger partial charge in [0.05, 0.1) is 24.5 Å². The predicted octanol–water partition coefficient (Wildman–Crippen LogP) is 3.62. The second-order valence-electron chi connectivity index (χ2n) is 7.65. The summed E-state index contributed by atoms with van der Waals surface area (Å²) in [6.45, 7) is 0.875. The fourth-order valence-corrected chi connectivity index (χ4v) is 5.40. The Morgan fingerprint density at radius 3 is 2.30 bits per heavy atom.